The van der Waals surface area contributed by atoms with E-state index >= 15 is 0 Å². The van der Waals surface area contributed by atoms with Crippen LogP contribution in [-0.4, -0.2) is 41.0 Å². The van der Waals surface area contributed by atoms with Gasteiger partial charge >= 0.3 is 0 Å². The maximum Gasteiger partial charge on any atom is 0.249 e. The molecule has 24 heavy (non-hydrogen) atoms. The second kappa shape index (κ2) is 6.92. The summed E-state index contributed by atoms with van der Waals surface area (Å²) in [4.78, 5) is 14.2. The largest absolute Gasteiger partial charge is 0.494 e. The summed E-state index contributed by atoms with van der Waals surface area (Å²) in [6.45, 7) is 3.88. The van der Waals surface area contributed by atoms with Gasteiger partial charge in [0, 0.05) is 35.1 Å². The summed E-state index contributed by atoms with van der Waals surface area (Å²) in [5.41, 5.74) is 6.47. The molecule has 0 saturated carbocycles. The zero-order chi connectivity index (χ0) is 17.9. The van der Waals surface area contributed by atoms with Gasteiger partial charge < -0.3 is 26.3 Å². The van der Waals surface area contributed by atoms with Crippen molar-refractivity contribution < 1.29 is 15.0 Å². The van der Waals surface area contributed by atoms with Crippen LogP contribution >= 0.6 is 0 Å². The van der Waals surface area contributed by atoms with Crippen LogP contribution in [0.3, 0.4) is 0 Å². The van der Waals surface area contributed by atoms with E-state index in [-0.39, 0.29) is 24.3 Å². The number of carbonyl (C=O) groups is 1. The number of nitrogens with two attached hydrogens (primary N) is 1. The van der Waals surface area contributed by atoms with Crippen molar-refractivity contribution in [3.63, 3.8) is 0 Å². The van der Waals surface area contributed by atoms with E-state index in [0.717, 1.165) is 18.3 Å². The quantitative estimate of drug-likeness (QED) is 0.306. The highest BCUT2D eigenvalue weighted by Crippen LogP contribution is 2.27. The number of nitrogens with zero attached hydrogens (tertiary/aromatic N) is 1. The summed E-state index contributed by atoms with van der Waals surface area (Å²) in [6.07, 6.45) is 1.84. The third kappa shape index (κ3) is 3.86. The molecule has 1 saturated heterocycles. The van der Waals surface area contributed by atoms with Gasteiger partial charge in [-0.2, -0.15) is 0 Å². The molecule has 0 radical (unpaired) electrons. The molecule has 0 spiro atoms. The molecule has 0 aliphatic carbocycles. The minimum atomic E-state index is -0.787. The molecule has 7 heteroatoms. The average Bonchev–Trinajstić information content (AvgIpc) is 2.47. The number of amides is 1. The third-order valence-corrected chi connectivity index (χ3v) is 4.20. The van der Waals surface area contributed by atoms with Gasteiger partial charge in [0.05, 0.1) is 6.61 Å². The van der Waals surface area contributed by atoms with E-state index in [9.17, 15) is 15.0 Å². The number of aliphatic hydroxyl groups excluding tert-OH is 2. The maximum atomic E-state index is 12.3. The molecule has 2 rings (SSSR count). The van der Waals surface area contributed by atoms with Crippen molar-refractivity contribution in [2.75, 3.05) is 23.8 Å². The number of rotatable bonds is 6. The zero-order valence-corrected chi connectivity index (χ0v) is 13.9. The molecule has 1 fully saturated rings. The van der Waals surface area contributed by atoms with Gasteiger partial charge in [-0.15, -0.1) is 0 Å². The van der Waals surface area contributed by atoms with Crippen molar-refractivity contribution in [1.82, 2.24) is 5.32 Å². The predicted molar refractivity (Wildman–Crippen MR) is 94.1 cm³/mol. The minimum Gasteiger partial charge on any atom is -0.494 e. The number of allylic oxidation sites excluding steroid dienone is 1. The van der Waals surface area contributed by atoms with Crippen LogP contribution in [0.25, 0.3) is 0 Å². The Morgan fingerprint density at radius 3 is 2.58 bits per heavy atom. The van der Waals surface area contributed by atoms with E-state index in [1.807, 2.05) is 17.0 Å². The Morgan fingerprint density at radius 1 is 1.46 bits per heavy atom. The molecule has 130 valence electrons. The first-order valence-electron chi connectivity index (χ1n) is 7.78. The van der Waals surface area contributed by atoms with Crippen LogP contribution in [0.1, 0.15) is 20.3 Å². The van der Waals surface area contributed by atoms with Crippen molar-refractivity contribution in [1.29, 1.82) is 5.41 Å². The zero-order valence-electron chi connectivity index (χ0n) is 13.9. The Hall–Kier alpha value is -2.54. The van der Waals surface area contributed by atoms with Crippen molar-refractivity contribution in [3.8, 4) is 0 Å². The van der Waals surface area contributed by atoms with Crippen LogP contribution < -0.4 is 16.0 Å². The lowest BCUT2D eigenvalue weighted by molar-refractivity contribution is -0.123. The minimum absolute atomic E-state index is 0.0341. The van der Waals surface area contributed by atoms with Crippen LogP contribution in [0, 0.1) is 10.8 Å². The number of hydrogen-bond acceptors (Lipinski definition) is 6. The highest BCUT2D eigenvalue weighted by Gasteiger charge is 2.34. The molecule has 1 aromatic rings. The molecule has 6 N–H and O–H groups in total. The number of aliphatic hydroxyl groups is 2. The van der Waals surface area contributed by atoms with Crippen LogP contribution in [-0.2, 0) is 4.79 Å². The number of carbonyl (C=O) groups excluding carboxylic acids is 1. The fourth-order valence-corrected chi connectivity index (χ4v) is 2.30. The molecule has 0 unspecified atom stereocenters. The standard InChI is InChI=1S/C17H24N4O3/c1-17(2,10-22)14(19)9-15(23)20-16(24)13-7-8-21(13)12-5-3-11(18)4-6-12/h3-6,9,13,19,22-23H,7-8,10,18H2,1-2H3,(H,20,24)/b15-9-,19-14?/t13-/m0/s1. The Bertz CT molecular complexity index is 652. The Labute approximate surface area is 141 Å². The lowest BCUT2D eigenvalue weighted by Crippen LogP contribution is -2.56. The predicted octanol–water partition coefficient (Wildman–Crippen LogP) is 1.40. The highest BCUT2D eigenvalue weighted by molar-refractivity contribution is 5.98. The van der Waals surface area contributed by atoms with Crippen LogP contribution in [0.4, 0.5) is 11.4 Å². The molecule has 7 nitrogen and oxygen atoms in total. The van der Waals surface area contributed by atoms with E-state index in [0.29, 0.717) is 12.1 Å². The third-order valence-electron chi connectivity index (χ3n) is 4.20. The molecule has 0 bridgehead atoms. The van der Waals surface area contributed by atoms with Crippen LogP contribution in [0.5, 0.6) is 0 Å². The molecule has 1 aromatic carbocycles. The number of benzene rings is 1. The monoisotopic (exact) mass is 332 g/mol. The molecule has 1 aliphatic heterocycles. The fourth-order valence-electron chi connectivity index (χ4n) is 2.30. The molecule has 1 heterocycles. The van der Waals surface area contributed by atoms with Crippen LogP contribution in [0.15, 0.2) is 36.2 Å². The van der Waals surface area contributed by atoms with Crippen molar-refractivity contribution >= 4 is 23.0 Å². The summed E-state index contributed by atoms with van der Waals surface area (Å²) in [5.74, 6) is -0.725. The lowest BCUT2D eigenvalue weighted by Gasteiger charge is -2.41. The molecular formula is C17H24N4O3. The first kappa shape index (κ1) is 17.8. The smallest absolute Gasteiger partial charge is 0.249 e. The summed E-state index contributed by atoms with van der Waals surface area (Å²) < 4.78 is 0. The van der Waals surface area contributed by atoms with Gasteiger partial charge in [0.2, 0.25) is 5.91 Å². The Kier molecular flexibility index (Phi) is 5.14. The average molecular weight is 332 g/mol. The first-order valence-corrected chi connectivity index (χ1v) is 7.78. The van der Waals surface area contributed by atoms with Crippen molar-refractivity contribution in [3.05, 3.63) is 36.2 Å². The van der Waals surface area contributed by atoms with Gasteiger partial charge in [-0.05, 0) is 30.7 Å². The van der Waals surface area contributed by atoms with Gasteiger partial charge in [-0.25, -0.2) is 0 Å². The first-order chi connectivity index (χ1) is 11.2. The van der Waals surface area contributed by atoms with E-state index in [1.54, 1.807) is 26.0 Å². The summed E-state index contributed by atoms with van der Waals surface area (Å²) in [5, 5.41) is 29.4. The molecular weight excluding hydrogens is 308 g/mol. The Morgan fingerprint density at radius 2 is 2.08 bits per heavy atom. The summed E-state index contributed by atoms with van der Waals surface area (Å²) in [6, 6.07) is 6.88. The summed E-state index contributed by atoms with van der Waals surface area (Å²) in [7, 11) is 0. The normalized spacial score (nSPS) is 18.0. The van der Waals surface area contributed by atoms with Crippen LogP contribution in [0.2, 0.25) is 0 Å². The number of nitrogens with one attached hydrogen (secondary N) is 2. The van der Waals surface area contributed by atoms with Gasteiger partial charge in [0.25, 0.3) is 0 Å². The number of anilines is 2. The van der Waals surface area contributed by atoms with Gasteiger partial charge in [-0.3, -0.25) is 10.1 Å². The van der Waals surface area contributed by atoms with E-state index in [1.165, 1.54) is 0 Å². The molecule has 1 atom stereocenters. The fraction of sp³-hybridized carbons (Fsp3) is 0.412. The maximum absolute atomic E-state index is 12.3. The lowest BCUT2D eigenvalue weighted by atomic mass is 9.88. The molecule has 1 aliphatic rings. The van der Waals surface area contributed by atoms with Gasteiger partial charge in [0.1, 0.15) is 6.04 Å². The SMILES string of the molecule is CC(C)(CO)C(=N)/C=C(\O)NC(=O)[C@@H]1CCN1c1ccc(N)cc1. The van der Waals surface area contributed by atoms with Crippen molar-refractivity contribution in [2.45, 2.75) is 26.3 Å². The van der Waals surface area contributed by atoms with Gasteiger partial charge in [0.15, 0.2) is 5.88 Å². The Balaban J connectivity index is 1.99. The summed E-state index contributed by atoms with van der Waals surface area (Å²) >= 11 is 0. The number of hydrogen-bond donors (Lipinski definition) is 5. The number of nitrogen functional groups attached to an aromatic ring is 1. The van der Waals surface area contributed by atoms with Crippen molar-refractivity contribution in [2.24, 2.45) is 5.41 Å². The van der Waals surface area contributed by atoms with E-state index in [4.69, 9.17) is 11.1 Å². The second-order valence-corrected chi connectivity index (χ2v) is 6.56. The molecule has 1 amide bonds. The highest BCUT2D eigenvalue weighted by atomic mass is 16.3. The molecule has 0 aromatic heterocycles. The van der Waals surface area contributed by atoms with E-state index < -0.39 is 11.3 Å². The van der Waals surface area contributed by atoms with Gasteiger partial charge in [-0.1, -0.05) is 13.8 Å². The topological polar surface area (TPSA) is 123 Å². The van der Waals surface area contributed by atoms with E-state index in [2.05, 4.69) is 5.32 Å². The second-order valence-electron chi connectivity index (χ2n) is 6.56.